The highest BCUT2D eigenvalue weighted by atomic mass is 16.3. The molecule has 0 spiro atoms. The van der Waals surface area contributed by atoms with E-state index < -0.39 is 0 Å². The van der Waals surface area contributed by atoms with Crippen LogP contribution in [0.1, 0.15) is 201 Å². The second-order valence-corrected chi connectivity index (χ2v) is 11.6. The van der Waals surface area contributed by atoms with Gasteiger partial charge in [-0.05, 0) is 18.8 Å². The lowest BCUT2D eigenvalue weighted by Gasteiger charge is -2.18. The zero-order valence-electron chi connectivity index (χ0n) is 24.4. The third-order valence-corrected chi connectivity index (χ3v) is 8.02. The lowest BCUT2D eigenvalue weighted by atomic mass is 9.93. The van der Waals surface area contributed by atoms with Gasteiger partial charge in [0.15, 0.2) is 0 Å². The van der Waals surface area contributed by atoms with Crippen molar-refractivity contribution in [2.75, 3.05) is 0 Å². The summed E-state index contributed by atoms with van der Waals surface area (Å²) in [4.78, 5) is 0. The molecule has 0 fully saturated rings. The summed E-state index contributed by atoms with van der Waals surface area (Å²) in [6, 6.07) is 0. The molecule has 0 aliphatic heterocycles. The van der Waals surface area contributed by atoms with Crippen molar-refractivity contribution in [3.63, 3.8) is 0 Å². The Labute approximate surface area is 217 Å². The van der Waals surface area contributed by atoms with E-state index in [4.69, 9.17) is 0 Å². The first-order chi connectivity index (χ1) is 16.7. The van der Waals surface area contributed by atoms with Crippen LogP contribution in [0.25, 0.3) is 0 Å². The van der Waals surface area contributed by atoms with Crippen LogP contribution in [0.4, 0.5) is 0 Å². The predicted molar refractivity (Wildman–Crippen MR) is 156 cm³/mol. The molecule has 0 aromatic rings. The van der Waals surface area contributed by atoms with Crippen LogP contribution in [0.15, 0.2) is 0 Å². The van der Waals surface area contributed by atoms with E-state index in [2.05, 4.69) is 20.8 Å². The summed E-state index contributed by atoms with van der Waals surface area (Å²) in [5.41, 5.74) is 0. The lowest BCUT2D eigenvalue weighted by molar-refractivity contribution is 0.0985. The molecule has 1 heteroatoms. The average molecular weight is 481 g/mol. The molecule has 2 atom stereocenters. The number of rotatable bonds is 29. The molecular weight excluding hydrogens is 412 g/mol. The fourth-order valence-corrected chi connectivity index (χ4v) is 5.33. The molecule has 0 saturated heterocycles. The highest BCUT2D eigenvalue weighted by Gasteiger charge is 2.13. The summed E-state index contributed by atoms with van der Waals surface area (Å²) in [6.07, 6.45) is 38.8. The van der Waals surface area contributed by atoms with Gasteiger partial charge in [0.25, 0.3) is 0 Å². The monoisotopic (exact) mass is 481 g/mol. The van der Waals surface area contributed by atoms with Gasteiger partial charge < -0.3 is 5.11 Å². The maximum atomic E-state index is 10.5. The Kier molecular flexibility index (Phi) is 29.2. The van der Waals surface area contributed by atoms with Gasteiger partial charge in [0, 0.05) is 0 Å². The van der Waals surface area contributed by atoms with Crippen molar-refractivity contribution < 1.29 is 5.11 Å². The van der Waals surface area contributed by atoms with Gasteiger partial charge >= 0.3 is 0 Å². The molecule has 0 saturated carbocycles. The minimum Gasteiger partial charge on any atom is -0.393 e. The second kappa shape index (κ2) is 29.2. The van der Waals surface area contributed by atoms with Crippen LogP contribution in [0, 0.1) is 5.92 Å². The summed E-state index contributed by atoms with van der Waals surface area (Å²) >= 11 is 0. The Balaban J connectivity index is 3.26. The summed E-state index contributed by atoms with van der Waals surface area (Å²) < 4.78 is 0. The van der Waals surface area contributed by atoms with E-state index in [0.717, 1.165) is 6.42 Å². The summed E-state index contributed by atoms with van der Waals surface area (Å²) in [7, 11) is 0. The third kappa shape index (κ3) is 26.6. The Bertz CT molecular complexity index is 352. The van der Waals surface area contributed by atoms with Crippen LogP contribution in [0.3, 0.4) is 0 Å². The van der Waals surface area contributed by atoms with Gasteiger partial charge in [0.2, 0.25) is 0 Å². The van der Waals surface area contributed by atoms with Crippen molar-refractivity contribution in [3.05, 3.63) is 0 Å². The van der Waals surface area contributed by atoms with E-state index in [-0.39, 0.29) is 6.10 Å². The van der Waals surface area contributed by atoms with Crippen molar-refractivity contribution in [2.45, 2.75) is 207 Å². The van der Waals surface area contributed by atoms with Crippen molar-refractivity contribution in [2.24, 2.45) is 5.92 Å². The first-order valence-corrected chi connectivity index (χ1v) is 16.4. The van der Waals surface area contributed by atoms with Crippen LogP contribution in [0.2, 0.25) is 0 Å². The molecule has 0 aromatic heterocycles. The first-order valence-electron chi connectivity index (χ1n) is 16.4. The fourth-order valence-electron chi connectivity index (χ4n) is 5.33. The molecule has 1 N–H and O–H groups in total. The van der Waals surface area contributed by atoms with E-state index in [1.54, 1.807) is 0 Å². The topological polar surface area (TPSA) is 20.2 Å². The maximum absolute atomic E-state index is 10.5. The Morgan fingerprint density at radius 1 is 0.353 bits per heavy atom. The van der Waals surface area contributed by atoms with Gasteiger partial charge in [-0.15, -0.1) is 0 Å². The molecular formula is C33H68O. The predicted octanol–water partition coefficient (Wildman–Crippen LogP) is 11.9. The Morgan fingerprint density at radius 3 is 0.882 bits per heavy atom. The van der Waals surface area contributed by atoms with Gasteiger partial charge in [0.05, 0.1) is 6.10 Å². The molecule has 1 nitrogen and oxygen atoms in total. The molecule has 0 aromatic carbocycles. The maximum Gasteiger partial charge on any atom is 0.0565 e. The molecule has 0 heterocycles. The van der Waals surface area contributed by atoms with Crippen LogP contribution in [0.5, 0.6) is 0 Å². The standard InChI is InChI=1S/C33H68O/c1-4-6-8-10-12-14-16-17-18-19-20-21-23-25-27-29-31-33(34)32(3)30-28-26-24-22-15-13-11-9-7-5-2/h32-34H,4-31H2,1-3H3. The van der Waals surface area contributed by atoms with Crippen molar-refractivity contribution in [1.82, 2.24) is 0 Å². The van der Waals surface area contributed by atoms with Crippen LogP contribution < -0.4 is 0 Å². The van der Waals surface area contributed by atoms with Gasteiger partial charge in [-0.25, -0.2) is 0 Å². The van der Waals surface area contributed by atoms with Gasteiger partial charge in [-0.1, -0.05) is 188 Å². The molecule has 0 rings (SSSR count). The summed E-state index contributed by atoms with van der Waals surface area (Å²) in [6.45, 7) is 6.86. The average Bonchev–Trinajstić information content (AvgIpc) is 2.84. The molecule has 34 heavy (non-hydrogen) atoms. The van der Waals surface area contributed by atoms with E-state index in [1.807, 2.05) is 0 Å². The van der Waals surface area contributed by atoms with Crippen LogP contribution in [-0.2, 0) is 0 Å². The van der Waals surface area contributed by atoms with Crippen LogP contribution >= 0.6 is 0 Å². The normalized spacial score (nSPS) is 13.4. The molecule has 0 aliphatic rings. The zero-order valence-corrected chi connectivity index (χ0v) is 24.4. The number of unbranched alkanes of at least 4 members (excludes halogenated alkanes) is 24. The largest absolute Gasteiger partial charge is 0.393 e. The molecule has 206 valence electrons. The molecule has 0 radical (unpaired) electrons. The van der Waals surface area contributed by atoms with Gasteiger partial charge in [-0.2, -0.15) is 0 Å². The smallest absolute Gasteiger partial charge is 0.0565 e. The van der Waals surface area contributed by atoms with E-state index >= 15 is 0 Å². The second-order valence-electron chi connectivity index (χ2n) is 11.6. The molecule has 0 aliphatic carbocycles. The van der Waals surface area contributed by atoms with Crippen molar-refractivity contribution in [3.8, 4) is 0 Å². The van der Waals surface area contributed by atoms with Crippen molar-refractivity contribution in [1.29, 1.82) is 0 Å². The van der Waals surface area contributed by atoms with E-state index in [0.29, 0.717) is 5.92 Å². The molecule has 2 unspecified atom stereocenters. The third-order valence-electron chi connectivity index (χ3n) is 8.02. The summed E-state index contributed by atoms with van der Waals surface area (Å²) in [5, 5.41) is 10.5. The van der Waals surface area contributed by atoms with Crippen LogP contribution in [-0.4, -0.2) is 11.2 Å². The van der Waals surface area contributed by atoms with Gasteiger partial charge in [0.1, 0.15) is 0 Å². The minimum atomic E-state index is -0.0646. The summed E-state index contributed by atoms with van der Waals surface area (Å²) in [5.74, 6) is 0.491. The van der Waals surface area contributed by atoms with E-state index in [1.165, 1.54) is 173 Å². The zero-order chi connectivity index (χ0) is 25.0. The highest BCUT2D eigenvalue weighted by Crippen LogP contribution is 2.20. The number of hydrogen-bond acceptors (Lipinski definition) is 1. The number of aliphatic hydroxyl groups excluding tert-OH is 1. The molecule has 0 amide bonds. The highest BCUT2D eigenvalue weighted by molar-refractivity contribution is 4.65. The fraction of sp³-hybridized carbons (Fsp3) is 1.00. The minimum absolute atomic E-state index is 0.0646. The Hall–Kier alpha value is -0.0400. The number of hydrogen-bond donors (Lipinski definition) is 1. The van der Waals surface area contributed by atoms with E-state index in [9.17, 15) is 5.11 Å². The first kappa shape index (κ1) is 34.0. The Morgan fingerprint density at radius 2 is 0.588 bits per heavy atom. The number of aliphatic hydroxyl groups is 1. The van der Waals surface area contributed by atoms with Gasteiger partial charge in [-0.3, -0.25) is 0 Å². The SMILES string of the molecule is CCCCCCCCCCCCCCCCCCC(O)C(C)CCCCCCCCCCCC. The lowest BCUT2D eigenvalue weighted by Crippen LogP contribution is -2.17. The van der Waals surface area contributed by atoms with Crippen molar-refractivity contribution >= 4 is 0 Å². The quantitative estimate of drug-likeness (QED) is 0.105. The molecule has 0 bridgehead atoms.